The van der Waals surface area contributed by atoms with E-state index in [0.717, 1.165) is 24.5 Å². The van der Waals surface area contributed by atoms with Crippen molar-refractivity contribution in [2.45, 2.75) is 13.3 Å². The minimum Gasteiger partial charge on any atom is -0.396 e. The van der Waals surface area contributed by atoms with E-state index in [4.69, 9.17) is 16.7 Å². The molecule has 3 heteroatoms. The van der Waals surface area contributed by atoms with Crippen molar-refractivity contribution in [3.63, 3.8) is 0 Å². The normalized spacial score (nSPS) is 12.7. The van der Waals surface area contributed by atoms with Crippen LogP contribution in [-0.2, 0) is 6.42 Å². The van der Waals surface area contributed by atoms with Crippen LogP contribution in [0.25, 0.3) is 0 Å². The highest BCUT2D eigenvalue weighted by molar-refractivity contribution is 6.30. The van der Waals surface area contributed by atoms with Gasteiger partial charge in [-0.15, -0.1) is 0 Å². The third kappa shape index (κ3) is 5.17. The van der Waals surface area contributed by atoms with Crippen molar-refractivity contribution in [2.24, 2.45) is 5.92 Å². The van der Waals surface area contributed by atoms with Crippen LogP contribution in [0.2, 0.25) is 5.02 Å². The highest BCUT2D eigenvalue weighted by atomic mass is 35.5. The Morgan fingerprint density at radius 2 is 2.00 bits per heavy atom. The van der Waals surface area contributed by atoms with Crippen molar-refractivity contribution in [1.82, 2.24) is 5.32 Å². The van der Waals surface area contributed by atoms with Crippen LogP contribution in [0.15, 0.2) is 24.3 Å². The third-order valence-electron chi connectivity index (χ3n) is 2.31. The van der Waals surface area contributed by atoms with Crippen molar-refractivity contribution in [3.05, 3.63) is 34.9 Å². The van der Waals surface area contributed by atoms with Gasteiger partial charge in [-0.2, -0.15) is 0 Å². The molecule has 1 aromatic carbocycles. The maximum atomic E-state index is 8.83. The molecule has 0 aliphatic heterocycles. The maximum Gasteiger partial charge on any atom is 0.0468 e. The SMILES string of the molecule is CC(CO)CNCCc1ccc(Cl)cc1. The molecule has 1 aromatic rings. The fraction of sp³-hybridized carbons (Fsp3) is 0.500. The second kappa shape index (κ2) is 6.83. The minimum atomic E-state index is 0.244. The molecule has 0 radical (unpaired) electrons. The summed E-state index contributed by atoms with van der Waals surface area (Å²) >= 11 is 5.79. The molecule has 0 aromatic heterocycles. The van der Waals surface area contributed by atoms with Crippen LogP contribution in [0.1, 0.15) is 12.5 Å². The highest BCUT2D eigenvalue weighted by Gasteiger charge is 1.98. The Hall–Kier alpha value is -0.570. The van der Waals surface area contributed by atoms with Gasteiger partial charge >= 0.3 is 0 Å². The van der Waals surface area contributed by atoms with Crippen LogP contribution >= 0.6 is 11.6 Å². The van der Waals surface area contributed by atoms with Gasteiger partial charge in [0, 0.05) is 11.6 Å². The summed E-state index contributed by atoms with van der Waals surface area (Å²) in [5.41, 5.74) is 1.28. The van der Waals surface area contributed by atoms with E-state index in [2.05, 4.69) is 5.32 Å². The Balaban J connectivity index is 2.17. The van der Waals surface area contributed by atoms with E-state index < -0.39 is 0 Å². The van der Waals surface area contributed by atoms with Gasteiger partial charge in [-0.1, -0.05) is 30.7 Å². The van der Waals surface area contributed by atoms with Gasteiger partial charge in [0.15, 0.2) is 0 Å². The van der Waals surface area contributed by atoms with Gasteiger partial charge < -0.3 is 10.4 Å². The first-order valence-corrected chi connectivity index (χ1v) is 5.66. The summed E-state index contributed by atoms with van der Waals surface area (Å²) < 4.78 is 0. The standard InChI is InChI=1S/C12H18ClNO/c1-10(9-15)8-14-7-6-11-2-4-12(13)5-3-11/h2-5,10,14-15H,6-9H2,1H3. The molecule has 0 aliphatic rings. The number of halogens is 1. The van der Waals surface area contributed by atoms with E-state index in [9.17, 15) is 0 Å². The number of rotatable bonds is 6. The lowest BCUT2D eigenvalue weighted by molar-refractivity contribution is 0.234. The lowest BCUT2D eigenvalue weighted by atomic mass is 10.1. The average molecular weight is 228 g/mol. The summed E-state index contributed by atoms with van der Waals surface area (Å²) in [5.74, 6) is 0.329. The molecule has 1 unspecified atom stereocenters. The van der Waals surface area contributed by atoms with Crippen molar-refractivity contribution in [3.8, 4) is 0 Å². The average Bonchev–Trinajstić information content (AvgIpc) is 2.26. The summed E-state index contributed by atoms with van der Waals surface area (Å²) in [4.78, 5) is 0. The van der Waals surface area contributed by atoms with Crippen molar-refractivity contribution >= 4 is 11.6 Å². The Bertz CT molecular complexity index is 273. The molecule has 0 amide bonds. The molecule has 2 nitrogen and oxygen atoms in total. The predicted molar refractivity (Wildman–Crippen MR) is 64.3 cm³/mol. The van der Waals surface area contributed by atoms with Crippen LogP contribution in [0.4, 0.5) is 0 Å². The number of aliphatic hydroxyl groups is 1. The Labute approximate surface area is 96.3 Å². The second-order valence-corrected chi connectivity index (χ2v) is 4.30. The van der Waals surface area contributed by atoms with Gasteiger partial charge in [0.2, 0.25) is 0 Å². The smallest absolute Gasteiger partial charge is 0.0468 e. The molecule has 0 heterocycles. The molecule has 15 heavy (non-hydrogen) atoms. The number of aliphatic hydroxyl groups excluding tert-OH is 1. The molecule has 0 spiro atoms. The van der Waals surface area contributed by atoms with Crippen LogP contribution in [0.5, 0.6) is 0 Å². The van der Waals surface area contributed by atoms with Crippen LogP contribution in [0.3, 0.4) is 0 Å². The van der Waals surface area contributed by atoms with Crippen molar-refractivity contribution in [2.75, 3.05) is 19.7 Å². The Morgan fingerprint density at radius 1 is 1.33 bits per heavy atom. The molecule has 1 rings (SSSR count). The monoisotopic (exact) mass is 227 g/mol. The van der Waals surface area contributed by atoms with E-state index >= 15 is 0 Å². The summed E-state index contributed by atoms with van der Waals surface area (Å²) in [7, 11) is 0. The van der Waals surface area contributed by atoms with E-state index in [0.29, 0.717) is 5.92 Å². The molecule has 0 saturated carbocycles. The summed E-state index contributed by atoms with van der Waals surface area (Å²) in [6.07, 6.45) is 0.995. The van der Waals surface area contributed by atoms with E-state index in [-0.39, 0.29) is 6.61 Å². The fourth-order valence-corrected chi connectivity index (χ4v) is 1.42. The number of benzene rings is 1. The molecule has 0 aliphatic carbocycles. The molecule has 1 atom stereocenters. The van der Waals surface area contributed by atoms with Crippen LogP contribution < -0.4 is 5.32 Å². The Morgan fingerprint density at radius 3 is 2.60 bits per heavy atom. The van der Waals surface area contributed by atoms with Crippen molar-refractivity contribution in [1.29, 1.82) is 0 Å². The largest absolute Gasteiger partial charge is 0.396 e. The van der Waals surface area contributed by atoms with Gasteiger partial charge in [0.1, 0.15) is 0 Å². The van der Waals surface area contributed by atoms with Crippen LogP contribution in [0, 0.1) is 5.92 Å². The van der Waals surface area contributed by atoms with Crippen molar-refractivity contribution < 1.29 is 5.11 Å². The molecular weight excluding hydrogens is 210 g/mol. The molecule has 2 N–H and O–H groups in total. The van der Waals surface area contributed by atoms with Gasteiger partial charge in [-0.05, 0) is 43.1 Å². The van der Waals surface area contributed by atoms with E-state index in [1.54, 1.807) is 0 Å². The molecular formula is C12H18ClNO. The quantitative estimate of drug-likeness (QED) is 0.730. The summed E-state index contributed by atoms with van der Waals surface area (Å²) in [6, 6.07) is 7.90. The molecule has 84 valence electrons. The van der Waals surface area contributed by atoms with E-state index in [1.807, 2.05) is 31.2 Å². The zero-order valence-electron chi connectivity index (χ0n) is 9.04. The minimum absolute atomic E-state index is 0.244. The lowest BCUT2D eigenvalue weighted by Gasteiger charge is -2.09. The van der Waals surface area contributed by atoms with Crippen LogP contribution in [-0.4, -0.2) is 24.8 Å². The van der Waals surface area contributed by atoms with E-state index in [1.165, 1.54) is 5.56 Å². The third-order valence-corrected chi connectivity index (χ3v) is 2.56. The zero-order valence-corrected chi connectivity index (χ0v) is 9.80. The summed E-state index contributed by atoms with van der Waals surface area (Å²) in [6.45, 7) is 4.07. The topological polar surface area (TPSA) is 32.3 Å². The molecule has 0 saturated heterocycles. The summed E-state index contributed by atoms with van der Waals surface area (Å²) in [5, 5.41) is 12.9. The highest BCUT2D eigenvalue weighted by Crippen LogP contribution is 2.09. The number of hydrogen-bond donors (Lipinski definition) is 2. The van der Waals surface area contributed by atoms with Gasteiger partial charge in [-0.25, -0.2) is 0 Å². The lowest BCUT2D eigenvalue weighted by Crippen LogP contribution is -2.25. The fourth-order valence-electron chi connectivity index (χ4n) is 1.30. The van der Waals surface area contributed by atoms with Gasteiger partial charge in [-0.3, -0.25) is 0 Å². The second-order valence-electron chi connectivity index (χ2n) is 3.87. The van der Waals surface area contributed by atoms with Gasteiger partial charge in [0.25, 0.3) is 0 Å². The first-order chi connectivity index (χ1) is 7.22. The maximum absolute atomic E-state index is 8.83. The molecule has 0 fully saturated rings. The molecule has 0 bridgehead atoms. The predicted octanol–water partition coefficient (Wildman–Crippen LogP) is 2.10. The van der Waals surface area contributed by atoms with Gasteiger partial charge in [0.05, 0.1) is 0 Å². The number of nitrogens with one attached hydrogen (secondary N) is 1. The Kier molecular flexibility index (Phi) is 5.69. The first kappa shape index (κ1) is 12.5. The first-order valence-electron chi connectivity index (χ1n) is 5.28. The number of hydrogen-bond acceptors (Lipinski definition) is 2. The zero-order chi connectivity index (χ0) is 11.1.